The van der Waals surface area contributed by atoms with E-state index >= 15 is 0 Å². The third-order valence-corrected chi connectivity index (χ3v) is 4.11. The Bertz CT molecular complexity index is 784. The zero-order valence-corrected chi connectivity index (χ0v) is 15.1. The van der Waals surface area contributed by atoms with Crippen molar-refractivity contribution in [3.8, 4) is 0 Å². The van der Waals surface area contributed by atoms with Crippen molar-refractivity contribution in [2.75, 3.05) is 6.54 Å². The van der Waals surface area contributed by atoms with Crippen LogP contribution in [0.15, 0.2) is 48.5 Å². The summed E-state index contributed by atoms with van der Waals surface area (Å²) >= 11 is 0. The van der Waals surface area contributed by atoms with E-state index in [0.29, 0.717) is 6.42 Å². The van der Waals surface area contributed by atoms with Crippen molar-refractivity contribution in [1.29, 1.82) is 0 Å². The highest BCUT2D eigenvalue weighted by molar-refractivity contribution is 5.96. The van der Waals surface area contributed by atoms with Gasteiger partial charge in [0.15, 0.2) is 0 Å². The van der Waals surface area contributed by atoms with Crippen LogP contribution < -0.4 is 10.6 Å². The normalized spacial score (nSPS) is 12.3. The zero-order chi connectivity index (χ0) is 20.0. The fourth-order valence-electron chi connectivity index (χ4n) is 2.54. The third kappa shape index (κ3) is 5.84. The second-order valence-electron chi connectivity index (χ2n) is 6.20. The molecule has 2 rings (SSSR count). The van der Waals surface area contributed by atoms with Gasteiger partial charge in [-0.3, -0.25) is 9.59 Å². The van der Waals surface area contributed by atoms with Crippen LogP contribution in [-0.4, -0.2) is 18.4 Å². The molecular weight excluding hydrogens is 357 g/mol. The first-order chi connectivity index (χ1) is 12.7. The fourth-order valence-corrected chi connectivity index (χ4v) is 2.54. The minimum absolute atomic E-state index is 0.0568. The number of nitrogens with one attached hydrogen (secondary N) is 2. The van der Waals surface area contributed by atoms with Gasteiger partial charge in [0.2, 0.25) is 5.91 Å². The first-order valence-electron chi connectivity index (χ1n) is 8.52. The first-order valence-corrected chi connectivity index (χ1v) is 8.52. The maximum Gasteiger partial charge on any atom is 0.416 e. The Morgan fingerprint density at radius 2 is 1.59 bits per heavy atom. The number of hydrogen-bond acceptors (Lipinski definition) is 2. The Morgan fingerprint density at radius 1 is 1.00 bits per heavy atom. The number of alkyl halides is 3. The van der Waals surface area contributed by atoms with Crippen molar-refractivity contribution in [3.05, 3.63) is 70.8 Å². The SMILES string of the molecule is CC[C@H](NC(=O)CNC(=O)c1ccc(C(F)(F)F)cc1)c1ccc(C)cc1. The average molecular weight is 378 g/mol. The molecular formula is C20H21F3N2O2. The summed E-state index contributed by atoms with van der Waals surface area (Å²) in [7, 11) is 0. The number of aryl methyl sites for hydroxylation is 1. The van der Waals surface area contributed by atoms with Gasteiger partial charge in [-0.05, 0) is 43.2 Å². The highest BCUT2D eigenvalue weighted by Gasteiger charge is 2.30. The Hall–Kier alpha value is -2.83. The topological polar surface area (TPSA) is 58.2 Å². The summed E-state index contributed by atoms with van der Waals surface area (Å²) in [4.78, 5) is 24.1. The van der Waals surface area contributed by atoms with Gasteiger partial charge in [0.1, 0.15) is 0 Å². The van der Waals surface area contributed by atoms with Crippen LogP contribution >= 0.6 is 0 Å². The van der Waals surface area contributed by atoms with Crippen LogP contribution in [0.2, 0.25) is 0 Å². The van der Waals surface area contributed by atoms with E-state index in [0.717, 1.165) is 35.4 Å². The summed E-state index contributed by atoms with van der Waals surface area (Å²) in [5, 5.41) is 5.25. The highest BCUT2D eigenvalue weighted by atomic mass is 19.4. The first kappa shape index (κ1) is 20.5. The lowest BCUT2D eigenvalue weighted by atomic mass is 10.0. The smallest absolute Gasteiger partial charge is 0.348 e. The summed E-state index contributed by atoms with van der Waals surface area (Å²) in [6.45, 7) is 3.65. The standard InChI is InChI=1S/C20H21F3N2O2/c1-3-17(14-6-4-13(2)5-7-14)25-18(26)12-24-19(27)15-8-10-16(11-9-15)20(21,22)23/h4-11,17H,3,12H2,1-2H3,(H,24,27)(H,25,26)/t17-/m0/s1. The molecule has 144 valence electrons. The number of benzene rings is 2. The average Bonchev–Trinajstić information content (AvgIpc) is 2.64. The van der Waals surface area contributed by atoms with Crippen LogP contribution in [0.3, 0.4) is 0 Å². The van der Waals surface area contributed by atoms with Crippen LogP contribution in [0.25, 0.3) is 0 Å². The monoisotopic (exact) mass is 378 g/mol. The van der Waals surface area contributed by atoms with E-state index in [1.165, 1.54) is 0 Å². The largest absolute Gasteiger partial charge is 0.416 e. The predicted molar refractivity (Wildman–Crippen MR) is 96.1 cm³/mol. The molecule has 0 saturated heterocycles. The van der Waals surface area contributed by atoms with Gasteiger partial charge in [-0.25, -0.2) is 0 Å². The van der Waals surface area contributed by atoms with Crippen molar-refractivity contribution >= 4 is 11.8 Å². The van der Waals surface area contributed by atoms with Crippen LogP contribution in [0.1, 0.15) is 46.4 Å². The van der Waals surface area contributed by atoms with E-state index in [9.17, 15) is 22.8 Å². The van der Waals surface area contributed by atoms with Gasteiger partial charge in [0, 0.05) is 5.56 Å². The van der Waals surface area contributed by atoms with Gasteiger partial charge < -0.3 is 10.6 Å². The predicted octanol–water partition coefficient (Wildman–Crippen LogP) is 4.01. The Kier molecular flexibility index (Phi) is 6.60. The van der Waals surface area contributed by atoms with Crippen molar-refractivity contribution in [2.45, 2.75) is 32.5 Å². The number of amides is 2. The molecule has 0 radical (unpaired) electrons. The zero-order valence-electron chi connectivity index (χ0n) is 15.1. The summed E-state index contributed by atoms with van der Waals surface area (Å²) in [5.74, 6) is -0.982. The van der Waals surface area contributed by atoms with Gasteiger partial charge in [-0.1, -0.05) is 36.8 Å². The van der Waals surface area contributed by atoms with E-state index < -0.39 is 17.6 Å². The minimum Gasteiger partial charge on any atom is -0.348 e. The maximum atomic E-state index is 12.5. The molecule has 0 spiro atoms. The van der Waals surface area contributed by atoms with Crippen LogP contribution in [-0.2, 0) is 11.0 Å². The van der Waals surface area contributed by atoms with E-state index in [2.05, 4.69) is 10.6 Å². The Morgan fingerprint density at radius 3 is 2.11 bits per heavy atom. The molecule has 0 aliphatic heterocycles. The number of carbonyl (C=O) groups is 2. The molecule has 7 heteroatoms. The molecule has 4 nitrogen and oxygen atoms in total. The molecule has 2 aromatic carbocycles. The van der Waals surface area contributed by atoms with Crippen molar-refractivity contribution in [1.82, 2.24) is 10.6 Å². The molecule has 0 aliphatic rings. The van der Waals surface area contributed by atoms with Crippen LogP contribution in [0.4, 0.5) is 13.2 Å². The molecule has 0 fully saturated rings. The number of hydrogen-bond donors (Lipinski definition) is 2. The van der Waals surface area contributed by atoms with Crippen molar-refractivity contribution in [3.63, 3.8) is 0 Å². The van der Waals surface area contributed by atoms with E-state index in [1.54, 1.807) is 0 Å². The van der Waals surface area contributed by atoms with Gasteiger partial charge in [0.05, 0.1) is 18.2 Å². The van der Waals surface area contributed by atoms with Crippen molar-refractivity contribution < 1.29 is 22.8 Å². The Labute approximate surface area is 155 Å². The number of carbonyl (C=O) groups excluding carboxylic acids is 2. The second kappa shape index (κ2) is 8.70. The molecule has 2 amide bonds. The molecule has 0 heterocycles. The number of halogens is 3. The highest BCUT2D eigenvalue weighted by Crippen LogP contribution is 2.29. The summed E-state index contributed by atoms with van der Waals surface area (Å²) in [6.07, 6.45) is -3.78. The molecule has 0 saturated carbocycles. The van der Waals surface area contributed by atoms with Gasteiger partial charge >= 0.3 is 6.18 Å². The van der Waals surface area contributed by atoms with Crippen LogP contribution in [0, 0.1) is 6.92 Å². The lowest BCUT2D eigenvalue weighted by molar-refractivity contribution is -0.137. The molecule has 2 aromatic rings. The molecule has 0 aliphatic carbocycles. The maximum absolute atomic E-state index is 12.5. The number of rotatable bonds is 6. The molecule has 1 atom stereocenters. The summed E-state index contributed by atoms with van der Waals surface area (Å²) in [5.41, 5.74) is 1.30. The summed E-state index contributed by atoms with van der Waals surface area (Å²) in [6, 6.07) is 11.4. The summed E-state index contributed by atoms with van der Waals surface area (Å²) < 4.78 is 37.6. The third-order valence-electron chi connectivity index (χ3n) is 4.11. The lowest BCUT2D eigenvalue weighted by Crippen LogP contribution is -2.38. The molecule has 2 N–H and O–H groups in total. The minimum atomic E-state index is -4.46. The molecule has 0 aromatic heterocycles. The van der Waals surface area contributed by atoms with Gasteiger partial charge in [0.25, 0.3) is 5.91 Å². The van der Waals surface area contributed by atoms with E-state index in [4.69, 9.17) is 0 Å². The molecule has 0 bridgehead atoms. The Balaban J connectivity index is 1.90. The quantitative estimate of drug-likeness (QED) is 0.798. The van der Waals surface area contributed by atoms with Crippen LogP contribution in [0.5, 0.6) is 0 Å². The van der Waals surface area contributed by atoms with E-state index in [-0.39, 0.29) is 24.1 Å². The van der Waals surface area contributed by atoms with Crippen molar-refractivity contribution in [2.24, 2.45) is 0 Å². The fraction of sp³-hybridized carbons (Fsp3) is 0.300. The van der Waals surface area contributed by atoms with Gasteiger partial charge in [-0.15, -0.1) is 0 Å². The van der Waals surface area contributed by atoms with Gasteiger partial charge in [-0.2, -0.15) is 13.2 Å². The molecule has 0 unspecified atom stereocenters. The second-order valence-corrected chi connectivity index (χ2v) is 6.20. The molecule has 27 heavy (non-hydrogen) atoms. The lowest BCUT2D eigenvalue weighted by Gasteiger charge is -2.18. The van der Waals surface area contributed by atoms with E-state index in [1.807, 2.05) is 38.1 Å².